The van der Waals surface area contributed by atoms with Gasteiger partial charge in [0.2, 0.25) is 0 Å². The normalized spacial score (nSPS) is 48.0. The van der Waals surface area contributed by atoms with E-state index in [2.05, 4.69) is 34.6 Å². The average molecular weight is 465 g/mol. The summed E-state index contributed by atoms with van der Waals surface area (Å²) in [7, 11) is 0. The first kappa shape index (κ1) is 25.5. The van der Waals surface area contributed by atoms with Crippen LogP contribution in [0.3, 0.4) is 0 Å². The number of ether oxygens (including phenoxy) is 1. The molecular formula is C29H49FO3. The number of hydrogen-bond acceptors (Lipinski definition) is 3. The Morgan fingerprint density at radius 1 is 1.06 bits per heavy atom. The van der Waals surface area contributed by atoms with Crippen molar-refractivity contribution in [3.8, 4) is 0 Å². The highest BCUT2D eigenvalue weighted by Crippen LogP contribution is 2.69. The molecule has 10 atom stereocenters. The molecule has 0 heterocycles. The van der Waals surface area contributed by atoms with Crippen LogP contribution in [-0.4, -0.2) is 29.0 Å². The van der Waals surface area contributed by atoms with Crippen molar-refractivity contribution in [3.05, 3.63) is 0 Å². The number of aliphatic hydroxyl groups is 1. The Morgan fingerprint density at radius 3 is 2.45 bits per heavy atom. The molecule has 4 heteroatoms. The van der Waals surface area contributed by atoms with Gasteiger partial charge >= 0.3 is 5.97 Å². The van der Waals surface area contributed by atoms with Crippen molar-refractivity contribution in [1.29, 1.82) is 0 Å². The summed E-state index contributed by atoms with van der Waals surface area (Å²) in [6.45, 7) is 13.2. The zero-order chi connectivity index (χ0) is 24.2. The van der Waals surface area contributed by atoms with Crippen LogP contribution in [0.25, 0.3) is 0 Å². The van der Waals surface area contributed by atoms with E-state index < -0.39 is 17.2 Å². The van der Waals surface area contributed by atoms with Gasteiger partial charge in [0.25, 0.3) is 0 Å². The van der Waals surface area contributed by atoms with Gasteiger partial charge in [0, 0.05) is 18.8 Å². The molecule has 0 unspecified atom stereocenters. The number of hydrogen-bond donors (Lipinski definition) is 1. The van der Waals surface area contributed by atoms with Crippen molar-refractivity contribution in [1.82, 2.24) is 0 Å². The highest BCUT2D eigenvalue weighted by molar-refractivity contribution is 5.66. The van der Waals surface area contributed by atoms with Crippen LogP contribution in [0.4, 0.5) is 4.39 Å². The van der Waals surface area contributed by atoms with Gasteiger partial charge in [-0.15, -0.1) is 0 Å². The van der Waals surface area contributed by atoms with E-state index in [1.165, 1.54) is 45.4 Å². The topological polar surface area (TPSA) is 46.5 Å². The van der Waals surface area contributed by atoms with E-state index in [0.29, 0.717) is 29.6 Å². The molecule has 4 fully saturated rings. The van der Waals surface area contributed by atoms with E-state index >= 15 is 4.39 Å². The fourth-order valence-corrected chi connectivity index (χ4v) is 9.55. The molecule has 3 nitrogen and oxygen atoms in total. The third-order valence-corrected chi connectivity index (χ3v) is 11.3. The SMILES string of the molecule is CC(=O)O[C@@H]1CC[C@]2(C)[C@@H]3CC[C@]4(C)[C@H](CC[C@@H]4[C@H](C)CCCC(C)C)[C@H]3C[C@H](F)[C@@]2(O)C1. The lowest BCUT2D eigenvalue weighted by Gasteiger charge is -2.65. The fraction of sp³-hybridized carbons (Fsp3) is 0.966. The summed E-state index contributed by atoms with van der Waals surface area (Å²) in [4.78, 5) is 11.5. The number of esters is 1. The molecule has 1 N–H and O–H groups in total. The van der Waals surface area contributed by atoms with E-state index in [-0.39, 0.29) is 18.5 Å². The first-order chi connectivity index (χ1) is 15.4. The van der Waals surface area contributed by atoms with Gasteiger partial charge in [0.05, 0.1) is 0 Å². The van der Waals surface area contributed by atoms with Gasteiger partial charge in [-0.05, 0) is 85.9 Å². The number of halogens is 1. The van der Waals surface area contributed by atoms with Crippen molar-refractivity contribution in [3.63, 3.8) is 0 Å². The minimum atomic E-state index is -1.37. The third-order valence-electron chi connectivity index (χ3n) is 11.3. The van der Waals surface area contributed by atoms with E-state index in [1.807, 2.05) is 0 Å². The van der Waals surface area contributed by atoms with Crippen LogP contribution in [0.15, 0.2) is 0 Å². The van der Waals surface area contributed by atoms with Crippen LogP contribution >= 0.6 is 0 Å². The maximum atomic E-state index is 15.9. The minimum absolute atomic E-state index is 0.255. The number of carbonyl (C=O) groups is 1. The Hall–Kier alpha value is -0.640. The lowest BCUT2D eigenvalue weighted by atomic mass is 9.42. The van der Waals surface area contributed by atoms with Crippen molar-refractivity contribution >= 4 is 5.97 Å². The molecule has 0 aromatic rings. The van der Waals surface area contributed by atoms with Crippen molar-refractivity contribution in [2.75, 3.05) is 0 Å². The van der Waals surface area contributed by atoms with E-state index in [9.17, 15) is 9.90 Å². The summed E-state index contributed by atoms with van der Waals surface area (Å²) < 4.78 is 21.4. The molecule has 4 rings (SSSR count). The smallest absolute Gasteiger partial charge is 0.302 e. The summed E-state index contributed by atoms with van der Waals surface area (Å²) in [5.41, 5.74) is -1.48. The Morgan fingerprint density at radius 2 is 1.79 bits per heavy atom. The van der Waals surface area contributed by atoms with Crippen molar-refractivity contribution < 1.29 is 19.0 Å². The summed E-state index contributed by atoms with van der Waals surface area (Å²) in [5.74, 6) is 3.28. The molecule has 33 heavy (non-hydrogen) atoms. The third kappa shape index (κ3) is 4.19. The first-order valence-corrected chi connectivity index (χ1v) is 14.0. The van der Waals surface area contributed by atoms with E-state index in [4.69, 9.17) is 4.74 Å². The average Bonchev–Trinajstić information content (AvgIpc) is 3.07. The largest absolute Gasteiger partial charge is 0.462 e. The monoisotopic (exact) mass is 464 g/mol. The van der Waals surface area contributed by atoms with Gasteiger partial charge < -0.3 is 9.84 Å². The standard InChI is InChI=1S/C29H49FO3/c1-18(2)8-7-9-19(3)23-10-11-24-22-16-26(30)29(32)17-21(33-20(4)31)12-15-28(29,6)25(22)13-14-27(23,24)5/h18-19,21-26,32H,7-17H2,1-6H3/t19-,21-,22-,23-,24-,25-,26+,27+,28-,29+/m1/s1. The molecule has 0 saturated heterocycles. The molecule has 0 aliphatic heterocycles. The minimum Gasteiger partial charge on any atom is -0.462 e. The van der Waals surface area contributed by atoms with Crippen LogP contribution in [-0.2, 0) is 9.53 Å². The Bertz CT molecular complexity index is 724. The first-order valence-electron chi connectivity index (χ1n) is 14.0. The predicted molar refractivity (Wildman–Crippen MR) is 130 cm³/mol. The van der Waals surface area contributed by atoms with Crippen molar-refractivity contribution in [2.45, 2.75) is 130 Å². The Kier molecular flexibility index (Phi) is 7.02. The quantitative estimate of drug-likeness (QED) is 0.426. The van der Waals surface area contributed by atoms with E-state index in [1.54, 1.807) is 0 Å². The van der Waals surface area contributed by atoms with Gasteiger partial charge in [-0.3, -0.25) is 4.79 Å². The molecule has 4 aliphatic rings. The number of fused-ring (bicyclic) bond motifs is 5. The van der Waals surface area contributed by atoms with Crippen molar-refractivity contribution in [2.24, 2.45) is 46.3 Å². The zero-order valence-electron chi connectivity index (χ0n) is 22.0. The van der Waals surface area contributed by atoms with Gasteiger partial charge in [-0.25, -0.2) is 4.39 Å². The molecular weight excluding hydrogens is 415 g/mol. The van der Waals surface area contributed by atoms with Crippen LogP contribution in [0.2, 0.25) is 0 Å². The predicted octanol–water partition coefficient (Wildman–Crippen LogP) is 7.10. The highest BCUT2D eigenvalue weighted by Gasteiger charge is 2.68. The Labute approximate surface area is 201 Å². The molecule has 0 amide bonds. The van der Waals surface area contributed by atoms with Gasteiger partial charge in [0.15, 0.2) is 0 Å². The molecule has 4 aliphatic carbocycles. The highest BCUT2D eigenvalue weighted by atomic mass is 19.1. The maximum absolute atomic E-state index is 15.9. The fourth-order valence-electron chi connectivity index (χ4n) is 9.55. The molecule has 190 valence electrons. The zero-order valence-corrected chi connectivity index (χ0v) is 22.0. The summed E-state index contributed by atoms with van der Waals surface area (Å²) in [6, 6.07) is 0. The lowest BCUT2D eigenvalue weighted by Crippen LogP contribution is -2.67. The lowest BCUT2D eigenvalue weighted by molar-refractivity contribution is -0.252. The second-order valence-electron chi connectivity index (χ2n) is 13.4. The van der Waals surface area contributed by atoms with Crippen LogP contribution < -0.4 is 0 Å². The molecule has 4 saturated carbocycles. The maximum Gasteiger partial charge on any atom is 0.302 e. The number of rotatable bonds is 6. The van der Waals surface area contributed by atoms with Gasteiger partial charge in [0.1, 0.15) is 17.9 Å². The van der Waals surface area contributed by atoms with Gasteiger partial charge in [-0.2, -0.15) is 0 Å². The van der Waals surface area contributed by atoms with Gasteiger partial charge in [-0.1, -0.05) is 53.9 Å². The summed E-state index contributed by atoms with van der Waals surface area (Å²) in [6.07, 6.45) is 9.45. The molecule has 0 aromatic carbocycles. The second kappa shape index (κ2) is 9.10. The van der Waals surface area contributed by atoms with Crippen LogP contribution in [0.1, 0.15) is 112 Å². The summed E-state index contributed by atoms with van der Waals surface area (Å²) >= 11 is 0. The molecule has 0 spiro atoms. The molecule has 0 bridgehead atoms. The molecule has 0 radical (unpaired) electrons. The summed E-state index contributed by atoms with van der Waals surface area (Å²) in [5, 5.41) is 11.8. The number of alkyl halides is 1. The number of carbonyl (C=O) groups excluding carboxylic acids is 1. The van der Waals surface area contributed by atoms with Crippen LogP contribution in [0.5, 0.6) is 0 Å². The molecule has 0 aromatic heterocycles. The van der Waals surface area contributed by atoms with Crippen LogP contribution in [0, 0.1) is 46.3 Å². The Balaban J connectivity index is 1.51. The van der Waals surface area contributed by atoms with E-state index in [0.717, 1.165) is 37.0 Å². The second-order valence-corrected chi connectivity index (χ2v) is 13.4.